The number of nitrogens with two attached hydrogens (primary N) is 1. The quantitative estimate of drug-likeness (QED) is 0.521. The fourth-order valence-electron chi connectivity index (χ4n) is 1.30. The summed E-state index contributed by atoms with van der Waals surface area (Å²) in [5.74, 6) is 4.77. The van der Waals surface area contributed by atoms with Gasteiger partial charge in [0.15, 0.2) is 11.6 Å². The molecule has 0 heterocycles. The predicted molar refractivity (Wildman–Crippen MR) is 59.3 cm³/mol. The molecular weight excluding hydrogens is 211 g/mol. The summed E-state index contributed by atoms with van der Waals surface area (Å²) < 4.78 is 18.8. The van der Waals surface area contributed by atoms with Crippen LogP contribution < -0.4 is 16.0 Å². The molecule has 1 aromatic carbocycles. The fourth-order valence-corrected chi connectivity index (χ4v) is 1.30. The molecule has 0 aromatic heterocycles. The van der Waals surface area contributed by atoms with Gasteiger partial charge in [-0.15, -0.1) is 0 Å². The predicted octanol–water partition coefficient (Wildman–Crippen LogP) is 1.11. The number of nitrogens with one attached hydrogen (secondary N) is 1. The zero-order valence-corrected chi connectivity index (χ0v) is 9.40. The molecule has 4 nitrogen and oxygen atoms in total. The van der Waals surface area contributed by atoms with Crippen LogP contribution in [-0.2, 0) is 0 Å². The maximum absolute atomic E-state index is 13.5. The average Bonchev–Trinajstić information content (AvgIpc) is 2.20. The van der Waals surface area contributed by atoms with E-state index in [0.717, 1.165) is 0 Å². The van der Waals surface area contributed by atoms with Crippen molar-refractivity contribution in [3.05, 3.63) is 29.6 Å². The number of hydrazine groups is 1. The number of aliphatic hydroxyl groups excluding tert-OH is 1. The van der Waals surface area contributed by atoms with Crippen molar-refractivity contribution in [2.24, 2.45) is 5.84 Å². The second-order valence-corrected chi connectivity index (χ2v) is 3.78. The molecule has 1 rings (SSSR count). The number of ether oxygens (including phenoxy) is 1. The normalized spacial score (nSPS) is 12.9. The van der Waals surface area contributed by atoms with E-state index in [0.29, 0.717) is 5.56 Å². The van der Waals surface area contributed by atoms with E-state index in [-0.39, 0.29) is 18.4 Å². The first-order valence-corrected chi connectivity index (χ1v) is 5.12. The third-order valence-corrected chi connectivity index (χ3v) is 2.01. The molecule has 0 radical (unpaired) electrons. The molecule has 0 saturated heterocycles. The Kier molecular flexibility index (Phi) is 4.67. The summed E-state index contributed by atoms with van der Waals surface area (Å²) in [5, 5.41) is 9.57. The Morgan fingerprint density at radius 3 is 2.69 bits per heavy atom. The van der Waals surface area contributed by atoms with Crippen LogP contribution in [0.3, 0.4) is 0 Å². The van der Waals surface area contributed by atoms with Crippen molar-refractivity contribution in [3.63, 3.8) is 0 Å². The molecular formula is C11H17FN2O2. The molecule has 1 aromatic rings. The Morgan fingerprint density at radius 2 is 2.19 bits per heavy atom. The van der Waals surface area contributed by atoms with Gasteiger partial charge in [-0.2, -0.15) is 0 Å². The van der Waals surface area contributed by atoms with E-state index in [4.69, 9.17) is 10.6 Å². The van der Waals surface area contributed by atoms with Gasteiger partial charge < -0.3 is 9.84 Å². The Morgan fingerprint density at radius 1 is 1.50 bits per heavy atom. The SMILES string of the molecule is CC(C)Oc1ccc(C(O)CNN)cc1F. The van der Waals surface area contributed by atoms with Crippen LogP contribution in [0, 0.1) is 5.82 Å². The summed E-state index contributed by atoms with van der Waals surface area (Å²) in [6.07, 6.45) is -0.913. The highest BCUT2D eigenvalue weighted by Gasteiger charge is 2.11. The van der Waals surface area contributed by atoms with E-state index in [9.17, 15) is 9.50 Å². The van der Waals surface area contributed by atoms with Gasteiger partial charge in [0, 0.05) is 6.54 Å². The van der Waals surface area contributed by atoms with Crippen LogP contribution in [-0.4, -0.2) is 17.8 Å². The van der Waals surface area contributed by atoms with Crippen LogP contribution in [0.2, 0.25) is 0 Å². The maximum Gasteiger partial charge on any atom is 0.165 e. The number of hydrogen-bond acceptors (Lipinski definition) is 4. The molecule has 0 bridgehead atoms. The Bertz CT molecular complexity index is 345. The second kappa shape index (κ2) is 5.79. The minimum Gasteiger partial charge on any atom is -0.488 e. The van der Waals surface area contributed by atoms with Gasteiger partial charge in [0.2, 0.25) is 0 Å². The Hall–Kier alpha value is -1.17. The van der Waals surface area contributed by atoms with Crippen LogP contribution in [0.25, 0.3) is 0 Å². The van der Waals surface area contributed by atoms with Crippen LogP contribution in [0.15, 0.2) is 18.2 Å². The Labute approximate surface area is 94.2 Å². The molecule has 0 aliphatic rings. The highest BCUT2D eigenvalue weighted by Crippen LogP contribution is 2.22. The first-order valence-electron chi connectivity index (χ1n) is 5.12. The average molecular weight is 228 g/mol. The number of aliphatic hydroxyl groups is 1. The maximum atomic E-state index is 13.5. The molecule has 16 heavy (non-hydrogen) atoms. The highest BCUT2D eigenvalue weighted by molar-refractivity contribution is 5.30. The van der Waals surface area contributed by atoms with Gasteiger partial charge in [0.25, 0.3) is 0 Å². The van der Waals surface area contributed by atoms with Gasteiger partial charge in [0.1, 0.15) is 0 Å². The molecule has 5 heteroatoms. The smallest absolute Gasteiger partial charge is 0.165 e. The van der Waals surface area contributed by atoms with Crippen molar-refractivity contribution in [1.82, 2.24) is 5.43 Å². The molecule has 0 spiro atoms. The van der Waals surface area contributed by atoms with E-state index in [1.54, 1.807) is 6.07 Å². The van der Waals surface area contributed by atoms with Crippen molar-refractivity contribution in [2.45, 2.75) is 26.1 Å². The lowest BCUT2D eigenvalue weighted by Gasteiger charge is -2.14. The first-order chi connectivity index (χ1) is 7.54. The summed E-state index contributed by atoms with van der Waals surface area (Å²) in [6, 6.07) is 4.37. The number of halogens is 1. The van der Waals surface area contributed by atoms with Crippen LogP contribution in [0.4, 0.5) is 4.39 Å². The van der Waals surface area contributed by atoms with Gasteiger partial charge in [-0.25, -0.2) is 4.39 Å². The minimum absolute atomic E-state index is 0.0871. The molecule has 0 aliphatic heterocycles. The van der Waals surface area contributed by atoms with E-state index >= 15 is 0 Å². The molecule has 1 unspecified atom stereocenters. The van der Waals surface area contributed by atoms with Crippen molar-refractivity contribution in [2.75, 3.05) is 6.54 Å². The third kappa shape index (κ3) is 3.44. The molecule has 0 saturated carbocycles. The zero-order valence-electron chi connectivity index (χ0n) is 9.40. The third-order valence-electron chi connectivity index (χ3n) is 2.01. The summed E-state index contributed by atoms with van der Waals surface area (Å²) in [7, 11) is 0. The van der Waals surface area contributed by atoms with E-state index in [1.807, 2.05) is 13.8 Å². The van der Waals surface area contributed by atoms with Gasteiger partial charge in [0.05, 0.1) is 12.2 Å². The molecule has 0 aliphatic carbocycles. The highest BCUT2D eigenvalue weighted by atomic mass is 19.1. The molecule has 90 valence electrons. The van der Waals surface area contributed by atoms with E-state index < -0.39 is 11.9 Å². The topological polar surface area (TPSA) is 67.5 Å². The van der Waals surface area contributed by atoms with Crippen molar-refractivity contribution in [1.29, 1.82) is 0 Å². The monoisotopic (exact) mass is 228 g/mol. The van der Waals surface area contributed by atoms with Crippen molar-refractivity contribution in [3.8, 4) is 5.75 Å². The van der Waals surface area contributed by atoms with Gasteiger partial charge >= 0.3 is 0 Å². The fraction of sp³-hybridized carbons (Fsp3) is 0.455. The molecule has 0 amide bonds. The summed E-state index contributed by atoms with van der Waals surface area (Å²) in [6.45, 7) is 3.81. The lowest BCUT2D eigenvalue weighted by molar-refractivity contribution is 0.174. The molecule has 4 N–H and O–H groups in total. The minimum atomic E-state index is -0.826. The van der Waals surface area contributed by atoms with Crippen LogP contribution in [0.1, 0.15) is 25.5 Å². The summed E-state index contributed by atoms with van der Waals surface area (Å²) in [5.41, 5.74) is 2.79. The van der Waals surface area contributed by atoms with Gasteiger partial charge in [-0.3, -0.25) is 11.3 Å². The second-order valence-electron chi connectivity index (χ2n) is 3.78. The summed E-state index contributed by atoms with van der Waals surface area (Å²) in [4.78, 5) is 0. The van der Waals surface area contributed by atoms with Crippen molar-refractivity contribution >= 4 is 0 Å². The van der Waals surface area contributed by atoms with Gasteiger partial charge in [-0.1, -0.05) is 6.07 Å². The van der Waals surface area contributed by atoms with Gasteiger partial charge in [-0.05, 0) is 31.5 Å². The zero-order chi connectivity index (χ0) is 12.1. The lowest BCUT2D eigenvalue weighted by atomic mass is 10.1. The van der Waals surface area contributed by atoms with Crippen LogP contribution in [0.5, 0.6) is 5.75 Å². The summed E-state index contributed by atoms with van der Waals surface area (Å²) >= 11 is 0. The number of rotatable bonds is 5. The Balaban J connectivity index is 2.82. The molecule has 0 fully saturated rings. The number of benzene rings is 1. The lowest BCUT2D eigenvalue weighted by Crippen LogP contribution is -2.27. The van der Waals surface area contributed by atoms with E-state index in [2.05, 4.69) is 5.43 Å². The van der Waals surface area contributed by atoms with E-state index in [1.165, 1.54) is 12.1 Å². The van der Waals surface area contributed by atoms with Crippen molar-refractivity contribution < 1.29 is 14.2 Å². The first kappa shape index (κ1) is 12.9. The van der Waals surface area contributed by atoms with Crippen LogP contribution >= 0.6 is 0 Å². The number of hydrogen-bond donors (Lipinski definition) is 3. The molecule has 1 atom stereocenters. The standard InChI is InChI=1S/C11H17FN2O2/c1-7(2)16-11-4-3-8(5-9(11)12)10(15)6-14-13/h3-5,7,10,14-15H,6,13H2,1-2H3. The largest absolute Gasteiger partial charge is 0.488 e.